The molecule has 0 aromatic rings. The molecule has 8 atom stereocenters. The van der Waals surface area contributed by atoms with E-state index in [1.807, 2.05) is 0 Å². The third-order valence-electron chi connectivity index (χ3n) is 11.8. The molecule has 268 valence electrons. The van der Waals surface area contributed by atoms with E-state index in [1.54, 1.807) is 0 Å². The van der Waals surface area contributed by atoms with E-state index in [2.05, 4.69) is 29.7 Å². The monoisotopic (exact) mass is 660 g/mol. The van der Waals surface area contributed by atoms with Gasteiger partial charge < -0.3 is 24.2 Å². The summed E-state index contributed by atoms with van der Waals surface area (Å²) in [5.41, 5.74) is -0.996. The second-order valence-corrected chi connectivity index (χ2v) is 15.3. The third-order valence-corrected chi connectivity index (χ3v) is 11.8. The van der Waals surface area contributed by atoms with Crippen molar-refractivity contribution in [3.8, 4) is 0 Å². The van der Waals surface area contributed by atoms with Crippen LogP contribution in [0.25, 0.3) is 0 Å². The van der Waals surface area contributed by atoms with Gasteiger partial charge in [-0.25, -0.2) is 10.6 Å². The van der Waals surface area contributed by atoms with Gasteiger partial charge in [-0.2, -0.15) is 0 Å². The highest BCUT2D eigenvalue weighted by atomic mass is 16.5. The summed E-state index contributed by atoms with van der Waals surface area (Å²) in [5.74, 6) is -1.00. The van der Waals surface area contributed by atoms with Crippen molar-refractivity contribution in [1.29, 1.82) is 0 Å². The fraction of sp³-hybridized carbons (Fsp3) is 0.895. The molecule has 9 heteroatoms. The highest BCUT2D eigenvalue weighted by Crippen LogP contribution is 2.41. The van der Waals surface area contributed by atoms with Crippen molar-refractivity contribution in [1.82, 2.24) is 10.6 Å². The number of carbonyl (C=O) groups excluding carboxylic acids is 1. The zero-order valence-electron chi connectivity index (χ0n) is 29.4. The molecule has 0 radical (unpaired) electrons. The van der Waals surface area contributed by atoms with Crippen LogP contribution in [0.4, 0.5) is 0 Å². The third kappa shape index (κ3) is 10.0. The number of unbranched alkanes of at least 4 members (excludes halogenated alkanes) is 13. The summed E-state index contributed by atoms with van der Waals surface area (Å²) in [6.07, 6.45) is 30.7. The summed E-state index contributed by atoms with van der Waals surface area (Å²) in [6, 6.07) is 0.670. The maximum Gasteiger partial charge on any atom is 0.319 e. The van der Waals surface area contributed by atoms with Crippen LogP contribution < -0.4 is 15.5 Å². The molecule has 47 heavy (non-hydrogen) atoms. The maximum absolute atomic E-state index is 13.9. The molecular formula is C38H66N3O6+. The number of esters is 1. The van der Waals surface area contributed by atoms with Gasteiger partial charge in [0.15, 0.2) is 5.92 Å². The zero-order chi connectivity index (χ0) is 33.0. The SMILES string of the molecule is CCC1C=CCCC2(CC3CCC4C(C(=O)OCCCCCCCCCCCCCCCCC(=O)O)C5(CCCCO5)NC(N2)[NH+]34)O1. The first-order valence-electron chi connectivity index (χ1n) is 19.7. The Balaban J connectivity index is 0.998. The largest absolute Gasteiger partial charge is 0.481 e. The van der Waals surface area contributed by atoms with E-state index in [4.69, 9.17) is 19.3 Å². The van der Waals surface area contributed by atoms with Crippen LogP contribution in [0.1, 0.15) is 161 Å². The number of rotatable bonds is 19. The maximum atomic E-state index is 13.9. The second kappa shape index (κ2) is 18.5. The topological polar surface area (TPSA) is 111 Å². The molecule has 4 N–H and O–H groups in total. The molecule has 0 aromatic carbocycles. The number of carboxylic acids is 1. The van der Waals surface area contributed by atoms with Crippen LogP contribution in [-0.4, -0.2) is 66.2 Å². The number of carbonyl (C=O) groups is 2. The normalized spacial score (nSPS) is 34.7. The number of hydrogen-bond acceptors (Lipinski definition) is 7. The van der Waals surface area contributed by atoms with Gasteiger partial charge in [0.1, 0.15) is 17.5 Å². The van der Waals surface area contributed by atoms with E-state index in [1.165, 1.54) is 69.1 Å². The molecule has 0 aromatic heterocycles. The van der Waals surface area contributed by atoms with Gasteiger partial charge in [0.05, 0.1) is 18.8 Å². The molecule has 5 heterocycles. The Morgan fingerprint density at radius 1 is 0.894 bits per heavy atom. The molecule has 0 bridgehead atoms. The standard InChI is InChI=1S/C38H65N3O6/c1-2-31-21-16-17-25-37(47-31)29-30-23-24-32-34(38(26-18-20-28-46-38)40-36(39-37)41(30)32)35(44)45-27-19-14-12-10-8-6-4-3-5-7-9-11-13-15-22-33(42)43/h16,21,30-32,34,36,39-40H,2-15,17-20,22-29H2,1H3,(H,42,43)/p+1. The Bertz CT molecular complexity index is 1000. The molecule has 9 nitrogen and oxygen atoms in total. The number of ether oxygens (including phenoxy) is 3. The minimum absolute atomic E-state index is 0.0147. The highest BCUT2D eigenvalue weighted by molar-refractivity contribution is 5.75. The Morgan fingerprint density at radius 2 is 1.57 bits per heavy atom. The van der Waals surface area contributed by atoms with Gasteiger partial charge >= 0.3 is 11.9 Å². The number of nitrogens with one attached hydrogen (secondary N) is 3. The summed E-state index contributed by atoms with van der Waals surface area (Å²) in [4.78, 5) is 25.9. The predicted octanol–water partition coefficient (Wildman–Crippen LogP) is 6.12. The summed E-state index contributed by atoms with van der Waals surface area (Å²) < 4.78 is 19.4. The summed E-state index contributed by atoms with van der Waals surface area (Å²) in [7, 11) is 0. The first kappa shape index (κ1) is 36.8. The van der Waals surface area contributed by atoms with E-state index in [9.17, 15) is 9.59 Å². The number of aliphatic carboxylic acids is 1. The highest BCUT2D eigenvalue weighted by Gasteiger charge is 2.66. The number of quaternary nitrogens is 1. The Hall–Kier alpha value is -1.52. The van der Waals surface area contributed by atoms with Gasteiger partial charge in [-0.1, -0.05) is 96.1 Å². The van der Waals surface area contributed by atoms with Gasteiger partial charge in [0.25, 0.3) is 0 Å². The van der Waals surface area contributed by atoms with Crippen molar-refractivity contribution < 1.29 is 33.8 Å². The Kier molecular flexibility index (Phi) is 14.4. The van der Waals surface area contributed by atoms with Crippen molar-refractivity contribution in [3.63, 3.8) is 0 Å². The summed E-state index contributed by atoms with van der Waals surface area (Å²) in [6.45, 7) is 3.40. The van der Waals surface area contributed by atoms with Crippen LogP contribution in [0.2, 0.25) is 0 Å². The number of hydrogen-bond donors (Lipinski definition) is 4. The zero-order valence-corrected chi connectivity index (χ0v) is 29.4. The fourth-order valence-electron chi connectivity index (χ4n) is 9.35. The van der Waals surface area contributed by atoms with Crippen LogP contribution in [0, 0.1) is 5.92 Å². The summed E-state index contributed by atoms with van der Waals surface area (Å²) >= 11 is 0. The minimum atomic E-state index is -0.674. The number of allylic oxidation sites excluding steroid dienone is 1. The first-order chi connectivity index (χ1) is 23.0. The van der Waals surface area contributed by atoms with Crippen molar-refractivity contribution in [2.45, 2.75) is 197 Å². The quantitative estimate of drug-likeness (QED) is 0.0746. The molecule has 0 aliphatic carbocycles. The lowest BCUT2D eigenvalue weighted by atomic mass is 9.80. The molecule has 2 spiro atoms. The molecule has 0 saturated carbocycles. The molecule has 8 unspecified atom stereocenters. The van der Waals surface area contributed by atoms with Gasteiger partial charge in [0.2, 0.25) is 6.29 Å². The van der Waals surface area contributed by atoms with E-state index < -0.39 is 11.7 Å². The molecule has 5 rings (SSSR count). The smallest absolute Gasteiger partial charge is 0.319 e. The van der Waals surface area contributed by atoms with Gasteiger partial charge in [-0.15, -0.1) is 0 Å². The van der Waals surface area contributed by atoms with Crippen LogP contribution in [-0.2, 0) is 23.8 Å². The molecule has 5 aliphatic heterocycles. The average Bonchev–Trinajstić information content (AvgIpc) is 3.36. The Morgan fingerprint density at radius 3 is 2.21 bits per heavy atom. The molecular weight excluding hydrogens is 594 g/mol. The van der Waals surface area contributed by atoms with E-state index in [0.29, 0.717) is 25.7 Å². The van der Waals surface area contributed by atoms with Gasteiger partial charge in [-0.05, 0) is 51.4 Å². The lowest BCUT2D eigenvalue weighted by molar-refractivity contribution is -0.985. The van der Waals surface area contributed by atoms with E-state index in [-0.39, 0.29) is 36.0 Å². The second-order valence-electron chi connectivity index (χ2n) is 15.3. The average molecular weight is 661 g/mol. The lowest BCUT2D eigenvalue weighted by Crippen LogP contribution is -3.29. The first-order valence-corrected chi connectivity index (χ1v) is 19.7. The van der Waals surface area contributed by atoms with Crippen LogP contribution in [0.3, 0.4) is 0 Å². The van der Waals surface area contributed by atoms with Crippen LogP contribution in [0.5, 0.6) is 0 Å². The van der Waals surface area contributed by atoms with Crippen LogP contribution >= 0.6 is 0 Å². The molecule has 4 saturated heterocycles. The van der Waals surface area contributed by atoms with Gasteiger partial charge in [-0.3, -0.25) is 9.59 Å². The van der Waals surface area contributed by atoms with E-state index >= 15 is 0 Å². The fourth-order valence-corrected chi connectivity index (χ4v) is 9.35. The van der Waals surface area contributed by atoms with Crippen LogP contribution in [0.15, 0.2) is 12.2 Å². The predicted molar refractivity (Wildman–Crippen MR) is 183 cm³/mol. The molecule has 5 aliphatic rings. The number of carboxylic acid groups (broad SMARTS) is 1. The van der Waals surface area contributed by atoms with Crippen molar-refractivity contribution in [2.24, 2.45) is 5.92 Å². The minimum Gasteiger partial charge on any atom is -0.481 e. The van der Waals surface area contributed by atoms with Crippen molar-refractivity contribution >= 4 is 11.9 Å². The van der Waals surface area contributed by atoms with Gasteiger partial charge in [0, 0.05) is 32.3 Å². The molecule has 0 amide bonds. The summed E-state index contributed by atoms with van der Waals surface area (Å²) in [5, 5.41) is 16.5. The lowest BCUT2D eigenvalue weighted by Gasteiger charge is -2.57. The van der Waals surface area contributed by atoms with Crippen molar-refractivity contribution in [2.75, 3.05) is 13.2 Å². The van der Waals surface area contributed by atoms with E-state index in [0.717, 1.165) is 83.5 Å². The Labute approximate surface area is 284 Å². The molecule has 4 fully saturated rings. The van der Waals surface area contributed by atoms with Crippen molar-refractivity contribution in [3.05, 3.63) is 12.2 Å².